The average Bonchev–Trinajstić information content (AvgIpc) is 2.81. The van der Waals surface area contributed by atoms with Crippen LogP contribution in [-0.2, 0) is 34.4 Å². The van der Waals surface area contributed by atoms with Crippen LogP contribution in [0.2, 0.25) is 10.0 Å². The highest BCUT2D eigenvalue weighted by molar-refractivity contribution is 7.93. The van der Waals surface area contributed by atoms with E-state index in [9.17, 15) is 26.4 Å². The van der Waals surface area contributed by atoms with Crippen LogP contribution in [0.25, 0.3) is 0 Å². The van der Waals surface area contributed by atoms with E-state index in [1.54, 1.807) is 6.92 Å². The van der Waals surface area contributed by atoms with Crippen molar-refractivity contribution in [1.29, 1.82) is 0 Å². The van der Waals surface area contributed by atoms with E-state index < -0.39 is 37.7 Å². The highest BCUT2D eigenvalue weighted by Crippen LogP contribution is 2.32. The Labute approximate surface area is 224 Å². The molecular formula is C24H22Cl2N2O7S2. The number of sulfonamides is 2. The molecule has 196 valence electrons. The van der Waals surface area contributed by atoms with Gasteiger partial charge in [0.2, 0.25) is 0 Å². The Kier molecular flexibility index (Phi) is 8.85. The zero-order valence-electron chi connectivity index (χ0n) is 19.6. The van der Waals surface area contributed by atoms with Gasteiger partial charge >= 0.3 is 5.97 Å². The maximum absolute atomic E-state index is 13.0. The van der Waals surface area contributed by atoms with Crippen molar-refractivity contribution in [3.05, 3.63) is 82.3 Å². The lowest BCUT2D eigenvalue weighted by Crippen LogP contribution is -2.25. The van der Waals surface area contributed by atoms with Crippen LogP contribution in [0.4, 0.5) is 11.4 Å². The summed E-state index contributed by atoms with van der Waals surface area (Å²) in [5.74, 6) is -3.08. The zero-order chi connectivity index (χ0) is 27.4. The fourth-order valence-electron chi connectivity index (χ4n) is 3.34. The number of hydrogen-bond acceptors (Lipinski definition) is 7. The van der Waals surface area contributed by atoms with Crippen molar-refractivity contribution in [3.8, 4) is 0 Å². The van der Waals surface area contributed by atoms with E-state index in [1.165, 1.54) is 66.7 Å². The number of esters is 1. The van der Waals surface area contributed by atoms with Crippen LogP contribution >= 0.6 is 23.2 Å². The number of carbonyl (C=O) groups excluding carboxylic acids is 2. The lowest BCUT2D eigenvalue weighted by molar-refractivity contribution is -0.147. The Bertz CT molecular complexity index is 1520. The molecule has 0 fully saturated rings. The van der Waals surface area contributed by atoms with Gasteiger partial charge < -0.3 is 4.74 Å². The minimum atomic E-state index is -4.17. The standard InChI is InChI=1S/C24H22Cl2N2O7S2/c1-3-35-24(30)23(15(2)29)21-14-18(27-36(31,32)19-9-4-16(25)5-10-19)8-13-22(21)28-37(33,34)20-11-6-17(26)7-12-20/h4-14,23,27-28H,3H2,1-2H3. The molecule has 0 aliphatic carbocycles. The van der Waals surface area contributed by atoms with Crippen LogP contribution in [-0.4, -0.2) is 35.2 Å². The van der Waals surface area contributed by atoms with Gasteiger partial charge in [0.05, 0.1) is 22.1 Å². The maximum Gasteiger partial charge on any atom is 0.321 e. The zero-order valence-corrected chi connectivity index (χ0v) is 22.7. The van der Waals surface area contributed by atoms with Crippen molar-refractivity contribution in [2.45, 2.75) is 29.6 Å². The molecule has 0 saturated carbocycles. The Morgan fingerprint density at radius 2 is 1.30 bits per heavy atom. The van der Waals surface area contributed by atoms with Gasteiger partial charge in [-0.2, -0.15) is 0 Å². The fraction of sp³-hybridized carbons (Fsp3) is 0.167. The van der Waals surface area contributed by atoms with Gasteiger partial charge in [0, 0.05) is 15.7 Å². The summed E-state index contributed by atoms with van der Waals surface area (Å²) in [5, 5.41) is 0.674. The van der Waals surface area contributed by atoms with Crippen LogP contribution in [0.15, 0.2) is 76.5 Å². The van der Waals surface area contributed by atoms with E-state index in [-0.39, 0.29) is 33.3 Å². The number of rotatable bonds is 10. The largest absolute Gasteiger partial charge is 0.465 e. The normalized spacial score (nSPS) is 12.4. The molecule has 0 aliphatic heterocycles. The first-order valence-corrected chi connectivity index (χ1v) is 14.4. The first-order valence-electron chi connectivity index (χ1n) is 10.7. The molecule has 0 radical (unpaired) electrons. The first kappa shape index (κ1) is 28.5. The number of ether oxygens (including phenoxy) is 1. The van der Waals surface area contributed by atoms with Gasteiger partial charge in [-0.3, -0.25) is 19.0 Å². The Morgan fingerprint density at radius 3 is 1.76 bits per heavy atom. The van der Waals surface area contributed by atoms with Crippen molar-refractivity contribution in [2.24, 2.45) is 0 Å². The summed E-state index contributed by atoms with van der Waals surface area (Å²) in [6, 6.07) is 14.5. The second-order valence-electron chi connectivity index (χ2n) is 7.72. The molecule has 0 heterocycles. The summed E-state index contributed by atoms with van der Waals surface area (Å²) in [4.78, 5) is 25.0. The summed E-state index contributed by atoms with van der Waals surface area (Å²) in [7, 11) is -8.25. The minimum absolute atomic E-state index is 0.0186. The molecule has 0 aromatic heterocycles. The van der Waals surface area contributed by atoms with Crippen molar-refractivity contribution in [2.75, 3.05) is 16.1 Å². The van der Waals surface area contributed by atoms with Crippen LogP contribution in [0.5, 0.6) is 0 Å². The molecule has 0 bridgehead atoms. The quantitative estimate of drug-likeness (QED) is 0.257. The number of nitrogens with one attached hydrogen (secondary N) is 2. The van der Waals surface area contributed by atoms with Gasteiger partial charge in [0.25, 0.3) is 20.0 Å². The van der Waals surface area contributed by atoms with Crippen molar-refractivity contribution in [3.63, 3.8) is 0 Å². The minimum Gasteiger partial charge on any atom is -0.465 e. The number of benzene rings is 3. The summed E-state index contributed by atoms with van der Waals surface area (Å²) < 4.78 is 61.5. The monoisotopic (exact) mass is 584 g/mol. The summed E-state index contributed by atoms with van der Waals surface area (Å²) >= 11 is 11.7. The third-order valence-corrected chi connectivity index (χ3v) is 8.32. The van der Waals surface area contributed by atoms with Crippen molar-refractivity contribution in [1.82, 2.24) is 0 Å². The van der Waals surface area contributed by atoms with Gasteiger partial charge in [-0.05, 0) is 86.1 Å². The fourth-order valence-corrected chi connectivity index (χ4v) is 5.73. The van der Waals surface area contributed by atoms with Gasteiger partial charge in [-0.15, -0.1) is 0 Å². The van der Waals surface area contributed by atoms with Gasteiger partial charge in [-0.25, -0.2) is 16.8 Å². The lowest BCUT2D eigenvalue weighted by atomic mass is 9.93. The SMILES string of the molecule is CCOC(=O)C(C(C)=O)c1cc(NS(=O)(=O)c2ccc(Cl)cc2)ccc1NS(=O)(=O)c1ccc(Cl)cc1. The Balaban J connectivity index is 2.09. The average molecular weight is 585 g/mol. The van der Waals surface area contributed by atoms with Gasteiger partial charge in [0.1, 0.15) is 11.7 Å². The highest BCUT2D eigenvalue weighted by atomic mass is 35.5. The number of Topliss-reactive ketones (excluding diaryl/α,β-unsaturated/α-hetero) is 1. The number of anilines is 2. The lowest BCUT2D eigenvalue weighted by Gasteiger charge is -2.20. The molecule has 37 heavy (non-hydrogen) atoms. The van der Waals surface area contributed by atoms with Gasteiger partial charge in [-0.1, -0.05) is 23.2 Å². The molecule has 13 heteroatoms. The molecule has 1 unspecified atom stereocenters. The van der Waals surface area contributed by atoms with Crippen molar-refractivity contribution >= 4 is 66.4 Å². The third kappa shape index (κ3) is 7.01. The Morgan fingerprint density at radius 1 is 0.811 bits per heavy atom. The second kappa shape index (κ2) is 11.5. The van der Waals surface area contributed by atoms with Crippen LogP contribution < -0.4 is 9.44 Å². The molecule has 3 rings (SSSR count). The molecule has 0 aliphatic rings. The molecule has 3 aromatic rings. The predicted octanol–water partition coefficient (Wildman–Crippen LogP) is 4.83. The molecular weight excluding hydrogens is 563 g/mol. The van der Waals surface area contributed by atoms with E-state index in [0.29, 0.717) is 10.0 Å². The topological polar surface area (TPSA) is 136 Å². The van der Waals surface area contributed by atoms with E-state index in [2.05, 4.69) is 9.44 Å². The third-order valence-electron chi connectivity index (χ3n) is 5.04. The van der Waals surface area contributed by atoms with E-state index >= 15 is 0 Å². The summed E-state index contributed by atoms with van der Waals surface area (Å²) in [6.45, 7) is 2.66. The predicted molar refractivity (Wildman–Crippen MR) is 141 cm³/mol. The van der Waals surface area contributed by atoms with Crippen LogP contribution in [0.1, 0.15) is 25.3 Å². The summed E-state index contributed by atoms with van der Waals surface area (Å²) in [5.41, 5.74) is -0.229. The number of ketones is 1. The highest BCUT2D eigenvalue weighted by Gasteiger charge is 2.31. The number of halogens is 2. The second-order valence-corrected chi connectivity index (χ2v) is 12.0. The molecule has 9 nitrogen and oxygen atoms in total. The van der Waals surface area contributed by atoms with Gasteiger partial charge in [0.15, 0.2) is 0 Å². The number of carbonyl (C=O) groups is 2. The molecule has 0 saturated heterocycles. The Hall–Kier alpha value is -3.12. The maximum atomic E-state index is 13.0. The van der Waals surface area contributed by atoms with E-state index in [0.717, 1.165) is 6.92 Å². The van der Waals surface area contributed by atoms with Crippen LogP contribution in [0.3, 0.4) is 0 Å². The van der Waals surface area contributed by atoms with Crippen LogP contribution in [0, 0.1) is 0 Å². The van der Waals surface area contributed by atoms with E-state index in [4.69, 9.17) is 27.9 Å². The number of hydrogen-bond donors (Lipinski definition) is 2. The van der Waals surface area contributed by atoms with E-state index in [1.807, 2.05) is 0 Å². The first-order chi connectivity index (χ1) is 17.3. The molecule has 0 spiro atoms. The smallest absolute Gasteiger partial charge is 0.321 e. The molecule has 0 amide bonds. The molecule has 3 aromatic carbocycles. The molecule has 1 atom stereocenters. The van der Waals surface area contributed by atoms with Crippen molar-refractivity contribution < 1.29 is 31.2 Å². The summed E-state index contributed by atoms with van der Waals surface area (Å²) in [6.07, 6.45) is 0. The molecule has 2 N–H and O–H groups in total.